The summed E-state index contributed by atoms with van der Waals surface area (Å²) in [6, 6.07) is 14.8. The van der Waals surface area contributed by atoms with E-state index in [1.165, 1.54) is 6.07 Å². The van der Waals surface area contributed by atoms with Crippen molar-refractivity contribution in [1.82, 2.24) is 5.43 Å². The van der Waals surface area contributed by atoms with Crippen LogP contribution in [0, 0.1) is 5.82 Å². The van der Waals surface area contributed by atoms with Gasteiger partial charge < -0.3 is 0 Å². The number of rotatable bonds is 5. The number of hydrazine groups is 1. The van der Waals surface area contributed by atoms with E-state index in [-0.39, 0.29) is 11.9 Å². The number of nitrogens with two attached hydrogens (primary N) is 1. The number of halogens is 2. The van der Waals surface area contributed by atoms with Crippen LogP contribution >= 0.6 is 15.9 Å². The molecule has 19 heavy (non-hydrogen) atoms. The first kappa shape index (κ1) is 14.2. The molecule has 2 aromatic rings. The lowest BCUT2D eigenvalue weighted by atomic mass is 9.99. The van der Waals surface area contributed by atoms with Crippen molar-refractivity contribution in [2.75, 3.05) is 0 Å². The molecule has 0 radical (unpaired) electrons. The lowest BCUT2D eigenvalue weighted by molar-refractivity contribution is 0.506. The Morgan fingerprint density at radius 3 is 2.58 bits per heavy atom. The highest BCUT2D eigenvalue weighted by molar-refractivity contribution is 9.10. The monoisotopic (exact) mass is 322 g/mol. The largest absolute Gasteiger partial charge is 0.271 e. The van der Waals surface area contributed by atoms with Crippen molar-refractivity contribution in [1.29, 1.82) is 0 Å². The summed E-state index contributed by atoms with van der Waals surface area (Å²) < 4.78 is 14.6. The Morgan fingerprint density at radius 2 is 1.89 bits per heavy atom. The number of hydrogen-bond acceptors (Lipinski definition) is 2. The maximum atomic E-state index is 13.6. The van der Waals surface area contributed by atoms with Gasteiger partial charge in [0, 0.05) is 10.5 Å². The van der Waals surface area contributed by atoms with E-state index < -0.39 is 0 Å². The SMILES string of the molecule is NNC(Cc1cccc(Br)c1)Cc1ccccc1F. The molecular formula is C15H16BrFN2. The zero-order valence-electron chi connectivity index (χ0n) is 10.4. The summed E-state index contributed by atoms with van der Waals surface area (Å²) in [6.07, 6.45) is 1.32. The third-order valence-corrected chi connectivity index (χ3v) is 3.52. The lowest BCUT2D eigenvalue weighted by Gasteiger charge is -2.16. The summed E-state index contributed by atoms with van der Waals surface area (Å²) in [5.41, 5.74) is 4.61. The van der Waals surface area contributed by atoms with Crippen LogP contribution in [0.3, 0.4) is 0 Å². The molecule has 3 N–H and O–H groups in total. The van der Waals surface area contributed by atoms with Gasteiger partial charge in [0.2, 0.25) is 0 Å². The highest BCUT2D eigenvalue weighted by Gasteiger charge is 2.11. The van der Waals surface area contributed by atoms with Crippen LogP contribution in [0.1, 0.15) is 11.1 Å². The zero-order chi connectivity index (χ0) is 13.7. The highest BCUT2D eigenvalue weighted by Crippen LogP contribution is 2.15. The van der Waals surface area contributed by atoms with Crippen LogP contribution in [0.25, 0.3) is 0 Å². The molecule has 1 unspecified atom stereocenters. The second-order valence-electron chi connectivity index (χ2n) is 4.49. The van der Waals surface area contributed by atoms with Gasteiger partial charge in [-0.05, 0) is 42.2 Å². The van der Waals surface area contributed by atoms with Crippen LogP contribution in [0.15, 0.2) is 53.0 Å². The average molecular weight is 323 g/mol. The Hall–Kier alpha value is -1.23. The van der Waals surface area contributed by atoms with Gasteiger partial charge in [-0.25, -0.2) is 4.39 Å². The summed E-state index contributed by atoms with van der Waals surface area (Å²) >= 11 is 3.44. The van der Waals surface area contributed by atoms with Crippen molar-refractivity contribution in [2.45, 2.75) is 18.9 Å². The number of hydrogen-bond donors (Lipinski definition) is 2. The van der Waals surface area contributed by atoms with E-state index in [0.717, 1.165) is 16.5 Å². The highest BCUT2D eigenvalue weighted by atomic mass is 79.9. The van der Waals surface area contributed by atoms with Crippen molar-refractivity contribution >= 4 is 15.9 Å². The molecule has 0 aliphatic carbocycles. The molecule has 4 heteroatoms. The van der Waals surface area contributed by atoms with Gasteiger partial charge in [0.1, 0.15) is 5.82 Å². The Kier molecular flexibility index (Phi) is 5.07. The summed E-state index contributed by atoms with van der Waals surface area (Å²) in [4.78, 5) is 0. The van der Waals surface area contributed by atoms with E-state index in [9.17, 15) is 4.39 Å². The van der Waals surface area contributed by atoms with E-state index in [4.69, 9.17) is 5.84 Å². The summed E-state index contributed by atoms with van der Waals surface area (Å²) in [5, 5.41) is 0. The minimum absolute atomic E-state index is 0.00574. The molecule has 0 saturated carbocycles. The second-order valence-corrected chi connectivity index (χ2v) is 5.41. The van der Waals surface area contributed by atoms with E-state index in [2.05, 4.69) is 21.4 Å². The molecule has 0 saturated heterocycles. The van der Waals surface area contributed by atoms with Gasteiger partial charge in [-0.1, -0.05) is 46.3 Å². The fourth-order valence-corrected chi connectivity index (χ4v) is 2.51. The normalized spacial score (nSPS) is 12.4. The van der Waals surface area contributed by atoms with Crippen molar-refractivity contribution in [3.63, 3.8) is 0 Å². The molecule has 2 nitrogen and oxygen atoms in total. The molecule has 0 heterocycles. The number of nitrogens with one attached hydrogen (secondary N) is 1. The van der Waals surface area contributed by atoms with Gasteiger partial charge in [-0.3, -0.25) is 11.3 Å². The van der Waals surface area contributed by atoms with Gasteiger partial charge in [0.05, 0.1) is 0 Å². The molecule has 0 bridgehead atoms. The topological polar surface area (TPSA) is 38.0 Å². The Labute approximate surface area is 120 Å². The number of benzene rings is 2. The predicted molar refractivity (Wildman–Crippen MR) is 79.1 cm³/mol. The first-order valence-corrected chi connectivity index (χ1v) is 6.92. The van der Waals surface area contributed by atoms with Crippen molar-refractivity contribution in [3.8, 4) is 0 Å². The van der Waals surface area contributed by atoms with E-state index in [1.807, 2.05) is 30.3 Å². The summed E-state index contributed by atoms with van der Waals surface area (Å²) in [7, 11) is 0. The van der Waals surface area contributed by atoms with Gasteiger partial charge in [-0.15, -0.1) is 0 Å². The van der Waals surface area contributed by atoms with Crippen LogP contribution in [0.2, 0.25) is 0 Å². The van der Waals surface area contributed by atoms with Crippen LogP contribution in [-0.4, -0.2) is 6.04 Å². The molecule has 0 amide bonds. The van der Waals surface area contributed by atoms with Gasteiger partial charge in [0.15, 0.2) is 0 Å². The quantitative estimate of drug-likeness (QED) is 0.655. The summed E-state index contributed by atoms with van der Waals surface area (Å²) in [5.74, 6) is 5.39. The Morgan fingerprint density at radius 1 is 1.11 bits per heavy atom. The van der Waals surface area contributed by atoms with Crippen molar-refractivity contribution in [3.05, 3.63) is 69.9 Å². The van der Waals surface area contributed by atoms with Crippen LogP contribution in [-0.2, 0) is 12.8 Å². The molecule has 0 spiro atoms. The molecule has 0 aliphatic heterocycles. The standard InChI is InChI=1S/C15H16BrFN2/c16-13-6-3-4-11(8-13)9-14(19-18)10-12-5-1-2-7-15(12)17/h1-8,14,19H,9-10,18H2. The Balaban J connectivity index is 2.07. The van der Waals surface area contributed by atoms with Gasteiger partial charge >= 0.3 is 0 Å². The van der Waals surface area contributed by atoms with Crippen molar-refractivity contribution < 1.29 is 4.39 Å². The van der Waals surface area contributed by atoms with Crippen LogP contribution in [0.5, 0.6) is 0 Å². The maximum absolute atomic E-state index is 13.6. The molecule has 0 fully saturated rings. The van der Waals surface area contributed by atoms with E-state index >= 15 is 0 Å². The minimum atomic E-state index is -0.183. The fraction of sp³-hybridized carbons (Fsp3) is 0.200. The minimum Gasteiger partial charge on any atom is -0.271 e. The molecule has 0 aliphatic rings. The van der Waals surface area contributed by atoms with Crippen LogP contribution < -0.4 is 11.3 Å². The fourth-order valence-electron chi connectivity index (χ4n) is 2.07. The van der Waals surface area contributed by atoms with Gasteiger partial charge in [-0.2, -0.15) is 0 Å². The lowest BCUT2D eigenvalue weighted by Crippen LogP contribution is -2.38. The van der Waals surface area contributed by atoms with Crippen LogP contribution in [0.4, 0.5) is 4.39 Å². The zero-order valence-corrected chi connectivity index (χ0v) is 12.0. The Bertz CT molecular complexity index is 545. The summed E-state index contributed by atoms with van der Waals surface area (Å²) in [6.45, 7) is 0. The first-order valence-electron chi connectivity index (χ1n) is 6.13. The van der Waals surface area contributed by atoms with E-state index in [1.54, 1.807) is 12.1 Å². The third kappa shape index (κ3) is 4.13. The molecule has 0 aromatic heterocycles. The van der Waals surface area contributed by atoms with E-state index in [0.29, 0.717) is 12.0 Å². The molecule has 1 atom stereocenters. The predicted octanol–water partition coefficient (Wildman–Crippen LogP) is 3.21. The third-order valence-electron chi connectivity index (χ3n) is 3.03. The average Bonchev–Trinajstić information content (AvgIpc) is 2.40. The molecular weight excluding hydrogens is 307 g/mol. The molecule has 100 valence electrons. The first-order chi connectivity index (χ1) is 9.19. The maximum Gasteiger partial charge on any atom is 0.126 e. The van der Waals surface area contributed by atoms with Crippen molar-refractivity contribution in [2.24, 2.45) is 5.84 Å². The second kappa shape index (κ2) is 6.80. The smallest absolute Gasteiger partial charge is 0.126 e. The molecule has 2 rings (SSSR count). The molecule has 2 aromatic carbocycles. The van der Waals surface area contributed by atoms with Gasteiger partial charge in [0.25, 0.3) is 0 Å².